The summed E-state index contributed by atoms with van der Waals surface area (Å²) in [6.45, 7) is 2.44. The normalized spacial score (nSPS) is 9.88. The van der Waals surface area contributed by atoms with E-state index in [1.54, 1.807) is 20.0 Å². The van der Waals surface area contributed by atoms with Gasteiger partial charge in [-0.25, -0.2) is 0 Å². The second kappa shape index (κ2) is 5.89. The van der Waals surface area contributed by atoms with Gasteiger partial charge in [-0.3, -0.25) is 14.7 Å². The molecule has 0 aliphatic heterocycles. The average Bonchev–Trinajstić information content (AvgIpc) is 2.78. The number of hydrogen-bond acceptors (Lipinski definition) is 4. The van der Waals surface area contributed by atoms with Crippen LogP contribution in [0.15, 0.2) is 12.3 Å². The predicted molar refractivity (Wildman–Crippen MR) is 56.8 cm³/mol. The first kappa shape index (κ1) is 12.2. The minimum atomic E-state index is -0.299. The van der Waals surface area contributed by atoms with Crippen LogP contribution in [0.5, 0.6) is 0 Å². The summed E-state index contributed by atoms with van der Waals surface area (Å²) in [5.74, 6) is -0.492. The van der Waals surface area contributed by atoms with Gasteiger partial charge in [0, 0.05) is 19.8 Å². The summed E-state index contributed by atoms with van der Waals surface area (Å²) in [6.07, 6.45) is 1.70. The molecule has 6 heteroatoms. The molecule has 1 aromatic rings. The van der Waals surface area contributed by atoms with E-state index in [4.69, 9.17) is 4.74 Å². The SMILES string of the molecule is CCOC(=O)CCN(C)C(=O)c1ccn[nH]1. The van der Waals surface area contributed by atoms with Gasteiger partial charge < -0.3 is 9.64 Å². The van der Waals surface area contributed by atoms with Crippen molar-refractivity contribution < 1.29 is 14.3 Å². The third-order valence-electron chi connectivity index (χ3n) is 2.03. The van der Waals surface area contributed by atoms with Gasteiger partial charge in [0.05, 0.1) is 13.0 Å². The maximum Gasteiger partial charge on any atom is 0.307 e. The van der Waals surface area contributed by atoms with Crippen LogP contribution >= 0.6 is 0 Å². The van der Waals surface area contributed by atoms with Crippen molar-refractivity contribution >= 4 is 11.9 Å². The largest absolute Gasteiger partial charge is 0.466 e. The van der Waals surface area contributed by atoms with Crippen molar-refractivity contribution in [3.05, 3.63) is 18.0 Å². The molecule has 0 fully saturated rings. The van der Waals surface area contributed by atoms with Crippen LogP contribution in [0, 0.1) is 0 Å². The highest BCUT2D eigenvalue weighted by atomic mass is 16.5. The molecule has 1 amide bonds. The van der Waals surface area contributed by atoms with Crippen molar-refractivity contribution in [2.24, 2.45) is 0 Å². The molecule has 16 heavy (non-hydrogen) atoms. The van der Waals surface area contributed by atoms with E-state index >= 15 is 0 Å². The van der Waals surface area contributed by atoms with E-state index in [0.717, 1.165) is 0 Å². The smallest absolute Gasteiger partial charge is 0.307 e. The summed E-state index contributed by atoms with van der Waals surface area (Å²) in [5, 5.41) is 6.26. The molecule has 0 spiro atoms. The van der Waals surface area contributed by atoms with Crippen molar-refractivity contribution in [1.82, 2.24) is 15.1 Å². The molecular weight excluding hydrogens is 210 g/mol. The van der Waals surface area contributed by atoms with E-state index in [1.807, 2.05) is 0 Å². The zero-order chi connectivity index (χ0) is 12.0. The van der Waals surface area contributed by atoms with Crippen molar-refractivity contribution in [3.8, 4) is 0 Å². The van der Waals surface area contributed by atoms with E-state index in [2.05, 4.69) is 10.2 Å². The van der Waals surface area contributed by atoms with Gasteiger partial charge >= 0.3 is 5.97 Å². The van der Waals surface area contributed by atoms with Crippen molar-refractivity contribution in [3.63, 3.8) is 0 Å². The Labute approximate surface area is 93.6 Å². The molecule has 0 radical (unpaired) electrons. The van der Waals surface area contributed by atoms with Gasteiger partial charge in [0.15, 0.2) is 0 Å². The van der Waals surface area contributed by atoms with Crippen LogP contribution in [0.3, 0.4) is 0 Å². The minimum absolute atomic E-state index is 0.193. The minimum Gasteiger partial charge on any atom is -0.466 e. The second-order valence-corrected chi connectivity index (χ2v) is 3.25. The van der Waals surface area contributed by atoms with Crippen molar-refractivity contribution in [2.75, 3.05) is 20.2 Å². The number of carbonyl (C=O) groups is 2. The zero-order valence-electron chi connectivity index (χ0n) is 9.40. The summed E-state index contributed by atoms with van der Waals surface area (Å²) < 4.78 is 4.77. The van der Waals surface area contributed by atoms with Crippen molar-refractivity contribution in [2.45, 2.75) is 13.3 Å². The molecule has 1 N–H and O–H groups in total. The van der Waals surface area contributed by atoms with E-state index in [9.17, 15) is 9.59 Å². The average molecular weight is 225 g/mol. The highest BCUT2D eigenvalue weighted by Crippen LogP contribution is 1.99. The molecule has 88 valence electrons. The second-order valence-electron chi connectivity index (χ2n) is 3.25. The Morgan fingerprint density at radius 2 is 2.31 bits per heavy atom. The summed E-state index contributed by atoms with van der Waals surface area (Å²) in [5.41, 5.74) is 0.409. The Hall–Kier alpha value is -1.85. The fraction of sp³-hybridized carbons (Fsp3) is 0.500. The van der Waals surface area contributed by atoms with Crippen LogP contribution in [0.1, 0.15) is 23.8 Å². The molecule has 0 aromatic carbocycles. The topological polar surface area (TPSA) is 75.3 Å². The molecule has 1 heterocycles. The number of hydrogen-bond donors (Lipinski definition) is 1. The summed E-state index contributed by atoms with van der Waals surface area (Å²) in [7, 11) is 1.63. The van der Waals surface area contributed by atoms with Gasteiger partial charge in [0.2, 0.25) is 0 Å². The molecule has 0 bridgehead atoms. The maximum absolute atomic E-state index is 11.7. The van der Waals surface area contributed by atoms with Crippen LogP contribution in [0.25, 0.3) is 0 Å². The summed E-state index contributed by atoms with van der Waals surface area (Å²) in [4.78, 5) is 24.2. The Balaban J connectivity index is 2.38. The standard InChI is InChI=1S/C10H15N3O3/c1-3-16-9(14)5-7-13(2)10(15)8-4-6-11-12-8/h4,6H,3,5,7H2,1-2H3,(H,11,12). The molecule has 0 aliphatic rings. The number of nitrogens with one attached hydrogen (secondary N) is 1. The molecule has 1 rings (SSSR count). The Morgan fingerprint density at radius 1 is 1.56 bits per heavy atom. The number of carbonyl (C=O) groups excluding carboxylic acids is 2. The third-order valence-corrected chi connectivity index (χ3v) is 2.03. The van der Waals surface area contributed by atoms with Gasteiger partial charge in [-0.2, -0.15) is 5.10 Å². The van der Waals surface area contributed by atoms with Gasteiger partial charge in [0.1, 0.15) is 5.69 Å². The quantitative estimate of drug-likeness (QED) is 0.737. The molecule has 0 unspecified atom stereocenters. The highest BCUT2D eigenvalue weighted by molar-refractivity contribution is 5.92. The molecule has 0 saturated heterocycles. The summed E-state index contributed by atoms with van der Waals surface area (Å²) >= 11 is 0. The van der Waals surface area contributed by atoms with Gasteiger partial charge in [0.25, 0.3) is 5.91 Å². The van der Waals surface area contributed by atoms with Gasteiger partial charge in [-0.1, -0.05) is 0 Å². The number of aromatic amines is 1. The van der Waals surface area contributed by atoms with E-state index in [1.165, 1.54) is 11.1 Å². The van der Waals surface area contributed by atoms with Crippen LogP contribution in [-0.4, -0.2) is 47.2 Å². The predicted octanol–water partition coefficient (Wildman–Crippen LogP) is 0.435. The fourth-order valence-electron chi connectivity index (χ4n) is 1.17. The van der Waals surface area contributed by atoms with Crippen LogP contribution in [0.2, 0.25) is 0 Å². The van der Waals surface area contributed by atoms with Gasteiger partial charge in [-0.15, -0.1) is 0 Å². The van der Waals surface area contributed by atoms with E-state index in [0.29, 0.717) is 18.8 Å². The lowest BCUT2D eigenvalue weighted by Crippen LogP contribution is -2.29. The zero-order valence-corrected chi connectivity index (χ0v) is 9.40. The maximum atomic E-state index is 11.7. The fourth-order valence-corrected chi connectivity index (χ4v) is 1.17. The highest BCUT2D eigenvalue weighted by Gasteiger charge is 2.14. The molecule has 6 nitrogen and oxygen atoms in total. The number of ether oxygens (including phenoxy) is 1. The lowest BCUT2D eigenvalue weighted by Gasteiger charge is -2.15. The van der Waals surface area contributed by atoms with Gasteiger partial charge in [-0.05, 0) is 13.0 Å². The first-order chi connectivity index (χ1) is 7.65. The monoisotopic (exact) mass is 225 g/mol. The molecule has 0 aliphatic carbocycles. The number of H-pyrrole nitrogens is 1. The lowest BCUT2D eigenvalue weighted by molar-refractivity contribution is -0.143. The van der Waals surface area contributed by atoms with Crippen LogP contribution in [-0.2, 0) is 9.53 Å². The summed E-state index contributed by atoms with van der Waals surface area (Å²) in [6, 6.07) is 1.59. The Bertz CT molecular complexity index is 348. The number of esters is 1. The Kier molecular flexibility index (Phi) is 4.50. The lowest BCUT2D eigenvalue weighted by atomic mass is 10.3. The molecule has 0 saturated carbocycles. The van der Waals surface area contributed by atoms with E-state index in [-0.39, 0.29) is 18.3 Å². The first-order valence-electron chi connectivity index (χ1n) is 5.05. The van der Waals surface area contributed by atoms with Crippen molar-refractivity contribution in [1.29, 1.82) is 0 Å². The number of rotatable bonds is 5. The molecular formula is C10H15N3O3. The van der Waals surface area contributed by atoms with Crippen LogP contribution in [0.4, 0.5) is 0 Å². The third kappa shape index (κ3) is 3.38. The first-order valence-corrected chi connectivity index (χ1v) is 5.05. The number of amides is 1. The van der Waals surface area contributed by atoms with E-state index < -0.39 is 0 Å². The number of aromatic nitrogens is 2. The Morgan fingerprint density at radius 3 is 2.88 bits per heavy atom. The molecule has 0 atom stereocenters. The molecule has 1 aromatic heterocycles. The van der Waals surface area contributed by atoms with Crippen LogP contribution < -0.4 is 0 Å². The number of nitrogens with zero attached hydrogens (tertiary/aromatic N) is 2.